The van der Waals surface area contributed by atoms with Gasteiger partial charge in [0.25, 0.3) is 0 Å². The van der Waals surface area contributed by atoms with E-state index in [2.05, 4.69) is 5.32 Å². The first-order valence-electron chi connectivity index (χ1n) is 5.27. The molecule has 1 rings (SSSR count). The summed E-state index contributed by atoms with van der Waals surface area (Å²) in [5.74, 6) is 0. The van der Waals surface area contributed by atoms with Gasteiger partial charge in [-0.05, 0) is 42.9 Å². The summed E-state index contributed by atoms with van der Waals surface area (Å²) in [4.78, 5) is 0. The van der Waals surface area contributed by atoms with Crippen LogP contribution in [0.25, 0.3) is 0 Å². The van der Waals surface area contributed by atoms with Crippen molar-refractivity contribution in [1.82, 2.24) is 0 Å². The predicted octanol–water partition coefficient (Wildman–Crippen LogP) is 0.0852. The number of benzene rings is 1. The van der Waals surface area contributed by atoms with Gasteiger partial charge >= 0.3 is 0 Å². The monoisotopic (exact) mass is 255 g/mol. The number of aliphatic hydroxyl groups excluding tert-OH is 2. The van der Waals surface area contributed by atoms with Crippen molar-refractivity contribution in [3.8, 4) is 0 Å². The van der Waals surface area contributed by atoms with E-state index in [1.54, 1.807) is 24.3 Å². The van der Waals surface area contributed by atoms with E-state index in [9.17, 15) is 10.2 Å². The quantitative estimate of drug-likeness (QED) is 0.477. The Morgan fingerprint density at radius 2 is 1.88 bits per heavy atom. The standard InChI is InChI=1S/C11H17N3O2S/c12-6-5-9(15)10(16)7-1-3-8(4-2-7)14-11(13)17/h1-4,9-10,15-16H,5-6,12H2,(H3,13,14,17). The minimum Gasteiger partial charge on any atom is -0.390 e. The van der Waals surface area contributed by atoms with Crippen LogP contribution in [0.5, 0.6) is 0 Å². The van der Waals surface area contributed by atoms with Crippen LogP contribution in [0, 0.1) is 0 Å². The van der Waals surface area contributed by atoms with Crippen LogP contribution >= 0.6 is 12.2 Å². The Kier molecular flexibility index (Phi) is 5.30. The number of nitrogens with one attached hydrogen (secondary N) is 1. The number of rotatable bonds is 5. The van der Waals surface area contributed by atoms with Crippen LogP contribution in [-0.4, -0.2) is 28.0 Å². The summed E-state index contributed by atoms with van der Waals surface area (Å²) in [7, 11) is 0. The molecular weight excluding hydrogens is 238 g/mol. The number of hydrogen-bond acceptors (Lipinski definition) is 4. The molecule has 0 aliphatic carbocycles. The second kappa shape index (κ2) is 6.51. The Morgan fingerprint density at radius 3 is 2.35 bits per heavy atom. The Bertz CT molecular complexity index is 369. The van der Waals surface area contributed by atoms with E-state index in [-0.39, 0.29) is 5.11 Å². The van der Waals surface area contributed by atoms with Crippen LogP contribution in [-0.2, 0) is 0 Å². The lowest BCUT2D eigenvalue weighted by atomic mass is 10.0. The van der Waals surface area contributed by atoms with Crippen molar-refractivity contribution in [3.05, 3.63) is 29.8 Å². The van der Waals surface area contributed by atoms with E-state index in [0.29, 0.717) is 18.5 Å². The zero-order valence-corrected chi connectivity index (χ0v) is 10.2. The average Bonchev–Trinajstić information content (AvgIpc) is 2.28. The molecule has 0 aliphatic heterocycles. The molecule has 0 saturated carbocycles. The molecule has 6 heteroatoms. The molecule has 94 valence electrons. The lowest BCUT2D eigenvalue weighted by Gasteiger charge is -2.17. The van der Waals surface area contributed by atoms with Gasteiger partial charge in [-0.2, -0.15) is 0 Å². The molecule has 0 spiro atoms. The molecule has 0 aromatic heterocycles. The molecule has 0 aliphatic rings. The van der Waals surface area contributed by atoms with Crippen molar-refractivity contribution < 1.29 is 10.2 Å². The predicted molar refractivity (Wildman–Crippen MR) is 71.5 cm³/mol. The van der Waals surface area contributed by atoms with Gasteiger partial charge < -0.3 is 27.0 Å². The summed E-state index contributed by atoms with van der Waals surface area (Å²) in [6, 6.07) is 6.86. The van der Waals surface area contributed by atoms with E-state index in [4.69, 9.17) is 23.7 Å². The molecule has 0 saturated heterocycles. The van der Waals surface area contributed by atoms with Gasteiger partial charge in [0.05, 0.1) is 6.10 Å². The number of hydrogen-bond donors (Lipinski definition) is 5. The maximum absolute atomic E-state index is 9.82. The summed E-state index contributed by atoms with van der Waals surface area (Å²) in [5.41, 5.74) is 12.0. The average molecular weight is 255 g/mol. The molecular formula is C11H17N3O2S. The number of anilines is 1. The summed E-state index contributed by atoms with van der Waals surface area (Å²) < 4.78 is 0. The molecule has 17 heavy (non-hydrogen) atoms. The second-order valence-electron chi connectivity index (χ2n) is 3.70. The summed E-state index contributed by atoms with van der Waals surface area (Å²) in [5, 5.41) is 22.4. The van der Waals surface area contributed by atoms with Crippen LogP contribution in [0.4, 0.5) is 5.69 Å². The molecule has 7 N–H and O–H groups in total. The van der Waals surface area contributed by atoms with Gasteiger partial charge in [0, 0.05) is 5.69 Å². The minimum absolute atomic E-state index is 0.182. The van der Waals surface area contributed by atoms with Crippen LogP contribution in [0.1, 0.15) is 18.1 Å². The van der Waals surface area contributed by atoms with Crippen molar-refractivity contribution in [2.45, 2.75) is 18.6 Å². The Balaban J connectivity index is 2.69. The maximum Gasteiger partial charge on any atom is 0.168 e. The molecule has 1 aromatic carbocycles. The van der Waals surface area contributed by atoms with Gasteiger partial charge in [-0.3, -0.25) is 0 Å². The fourth-order valence-corrected chi connectivity index (χ4v) is 1.57. The topological polar surface area (TPSA) is 105 Å². The lowest BCUT2D eigenvalue weighted by molar-refractivity contribution is 0.0150. The Labute approximate surface area is 105 Å². The van der Waals surface area contributed by atoms with Gasteiger partial charge in [0.15, 0.2) is 5.11 Å². The first kappa shape index (κ1) is 13.9. The SMILES string of the molecule is NCCC(O)C(O)c1ccc(NC(N)=S)cc1. The van der Waals surface area contributed by atoms with Crippen LogP contribution in [0.2, 0.25) is 0 Å². The van der Waals surface area contributed by atoms with Crippen LogP contribution < -0.4 is 16.8 Å². The highest BCUT2D eigenvalue weighted by molar-refractivity contribution is 7.80. The molecule has 0 bridgehead atoms. The zero-order chi connectivity index (χ0) is 12.8. The summed E-state index contributed by atoms with van der Waals surface area (Å²) in [6.45, 7) is 0.333. The van der Waals surface area contributed by atoms with E-state index >= 15 is 0 Å². The van der Waals surface area contributed by atoms with Crippen molar-refractivity contribution >= 4 is 23.0 Å². The van der Waals surface area contributed by atoms with Crippen LogP contribution in [0.15, 0.2) is 24.3 Å². The number of aliphatic hydroxyl groups is 2. The first-order chi connectivity index (χ1) is 8.04. The largest absolute Gasteiger partial charge is 0.390 e. The summed E-state index contributed by atoms with van der Waals surface area (Å²) in [6.07, 6.45) is -1.43. The smallest absolute Gasteiger partial charge is 0.168 e. The number of thiocarbonyl (C=S) groups is 1. The molecule has 2 unspecified atom stereocenters. The lowest BCUT2D eigenvalue weighted by Crippen LogP contribution is -2.22. The van der Waals surface area contributed by atoms with Gasteiger partial charge in [-0.1, -0.05) is 12.1 Å². The molecule has 0 radical (unpaired) electrons. The van der Waals surface area contributed by atoms with Gasteiger partial charge in [-0.15, -0.1) is 0 Å². The minimum atomic E-state index is -0.933. The van der Waals surface area contributed by atoms with Gasteiger partial charge in [0.2, 0.25) is 0 Å². The van der Waals surface area contributed by atoms with Crippen molar-refractivity contribution in [3.63, 3.8) is 0 Å². The van der Waals surface area contributed by atoms with Gasteiger partial charge in [0.1, 0.15) is 6.10 Å². The third kappa shape index (κ3) is 4.27. The van der Waals surface area contributed by atoms with Crippen molar-refractivity contribution in [2.75, 3.05) is 11.9 Å². The van der Waals surface area contributed by atoms with E-state index in [1.165, 1.54) is 0 Å². The van der Waals surface area contributed by atoms with Crippen LogP contribution in [0.3, 0.4) is 0 Å². The second-order valence-corrected chi connectivity index (χ2v) is 4.14. The fourth-order valence-electron chi connectivity index (χ4n) is 1.46. The zero-order valence-electron chi connectivity index (χ0n) is 9.34. The summed E-state index contributed by atoms with van der Waals surface area (Å²) >= 11 is 4.70. The third-order valence-electron chi connectivity index (χ3n) is 2.35. The number of nitrogens with two attached hydrogens (primary N) is 2. The van der Waals surface area contributed by atoms with Crippen molar-refractivity contribution in [1.29, 1.82) is 0 Å². The maximum atomic E-state index is 9.82. The fraction of sp³-hybridized carbons (Fsp3) is 0.364. The third-order valence-corrected chi connectivity index (χ3v) is 2.45. The van der Waals surface area contributed by atoms with Gasteiger partial charge in [-0.25, -0.2) is 0 Å². The van der Waals surface area contributed by atoms with E-state index in [0.717, 1.165) is 5.69 Å². The molecule has 0 heterocycles. The van der Waals surface area contributed by atoms with Crippen molar-refractivity contribution in [2.24, 2.45) is 11.5 Å². The first-order valence-corrected chi connectivity index (χ1v) is 5.68. The Morgan fingerprint density at radius 1 is 1.29 bits per heavy atom. The Hall–Kier alpha value is -1.21. The highest BCUT2D eigenvalue weighted by Gasteiger charge is 2.17. The molecule has 1 aromatic rings. The highest BCUT2D eigenvalue weighted by Crippen LogP contribution is 2.20. The highest BCUT2D eigenvalue weighted by atomic mass is 32.1. The molecule has 0 amide bonds. The van der Waals surface area contributed by atoms with E-state index in [1.807, 2.05) is 0 Å². The van der Waals surface area contributed by atoms with E-state index < -0.39 is 12.2 Å². The molecule has 5 nitrogen and oxygen atoms in total. The normalized spacial score (nSPS) is 14.1. The molecule has 0 fully saturated rings. The molecule has 2 atom stereocenters.